The quantitative estimate of drug-likeness (QED) is 0.931. The van der Waals surface area contributed by atoms with Crippen molar-refractivity contribution in [3.05, 3.63) is 10.9 Å². The fraction of sp³-hybridized carbons (Fsp3) is 0.600. The Hall–Kier alpha value is -1.36. The van der Waals surface area contributed by atoms with Gasteiger partial charge in [-0.1, -0.05) is 27.7 Å². The lowest BCUT2D eigenvalue weighted by molar-refractivity contribution is 0.418. The van der Waals surface area contributed by atoms with Gasteiger partial charge in [-0.25, -0.2) is 4.98 Å². The molecule has 0 radical (unpaired) electrons. The molecule has 0 aliphatic carbocycles. The van der Waals surface area contributed by atoms with Gasteiger partial charge in [0, 0.05) is 25.5 Å². The van der Waals surface area contributed by atoms with Gasteiger partial charge in [0.15, 0.2) is 0 Å². The van der Waals surface area contributed by atoms with Crippen molar-refractivity contribution in [2.24, 2.45) is 5.41 Å². The number of rotatable bonds is 4. The van der Waals surface area contributed by atoms with Gasteiger partial charge in [-0.2, -0.15) is 4.98 Å². The molecule has 0 amide bonds. The summed E-state index contributed by atoms with van der Waals surface area (Å²) in [6.07, 6.45) is 1.04. The highest BCUT2D eigenvalue weighted by molar-refractivity contribution is 7.18. The molecule has 0 unspecified atom stereocenters. The monoisotopic (exact) mass is 292 g/mol. The molecule has 2 aromatic heterocycles. The Balaban J connectivity index is 2.51. The maximum atomic E-state index is 4.66. The summed E-state index contributed by atoms with van der Waals surface area (Å²) < 4.78 is 0. The first-order valence-electron chi connectivity index (χ1n) is 7.03. The lowest BCUT2D eigenvalue weighted by Gasteiger charge is -2.28. The minimum Gasteiger partial charge on any atom is -0.358 e. The van der Waals surface area contributed by atoms with Crippen LogP contribution in [0.5, 0.6) is 0 Å². The van der Waals surface area contributed by atoms with Crippen molar-refractivity contribution in [3.8, 4) is 0 Å². The molecule has 20 heavy (non-hydrogen) atoms. The highest BCUT2D eigenvalue weighted by atomic mass is 32.1. The second-order valence-corrected chi connectivity index (χ2v) is 7.44. The van der Waals surface area contributed by atoms with Crippen molar-refractivity contribution in [1.82, 2.24) is 9.97 Å². The van der Waals surface area contributed by atoms with E-state index in [0.717, 1.165) is 29.0 Å². The molecule has 0 aliphatic heterocycles. The van der Waals surface area contributed by atoms with E-state index in [1.54, 1.807) is 11.3 Å². The zero-order chi connectivity index (χ0) is 14.9. The topological polar surface area (TPSA) is 41.1 Å². The molecule has 2 rings (SSSR count). The molecule has 0 saturated carbocycles. The van der Waals surface area contributed by atoms with E-state index >= 15 is 0 Å². The number of hydrogen-bond donors (Lipinski definition) is 1. The van der Waals surface area contributed by atoms with E-state index in [4.69, 9.17) is 0 Å². The molecule has 0 aromatic carbocycles. The summed E-state index contributed by atoms with van der Waals surface area (Å²) in [5, 5.41) is 4.23. The highest BCUT2D eigenvalue weighted by Crippen LogP contribution is 2.32. The molecular formula is C15H24N4S. The smallest absolute Gasteiger partial charge is 0.225 e. The molecule has 4 nitrogen and oxygen atoms in total. The summed E-state index contributed by atoms with van der Waals surface area (Å²) in [7, 11) is 3.97. The van der Waals surface area contributed by atoms with Crippen LogP contribution in [0.3, 0.4) is 0 Å². The highest BCUT2D eigenvalue weighted by Gasteiger charge is 2.19. The lowest BCUT2D eigenvalue weighted by atomic mass is 9.96. The number of hydrogen-bond acceptors (Lipinski definition) is 5. The zero-order valence-corrected chi connectivity index (χ0v) is 14.1. The van der Waals surface area contributed by atoms with Crippen LogP contribution in [-0.2, 0) is 6.42 Å². The van der Waals surface area contributed by atoms with Gasteiger partial charge in [0.1, 0.15) is 10.6 Å². The predicted octanol–water partition coefficient (Wildman–Crippen LogP) is 3.78. The van der Waals surface area contributed by atoms with E-state index in [2.05, 4.69) is 61.0 Å². The van der Waals surface area contributed by atoms with E-state index in [1.165, 1.54) is 4.88 Å². The van der Waals surface area contributed by atoms with E-state index < -0.39 is 0 Å². The normalized spacial score (nSPS) is 11.9. The van der Waals surface area contributed by atoms with E-state index in [0.29, 0.717) is 5.95 Å². The number of aryl methyl sites for hydroxylation is 1. The number of nitrogens with one attached hydrogen (secondary N) is 1. The first-order chi connectivity index (χ1) is 9.34. The van der Waals surface area contributed by atoms with Crippen LogP contribution in [0, 0.1) is 5.41 Å². The van der Waals surface area contributed by atoms with Crippen molar-refractivity contribution in [2.45, 2.75) is 34.1 Å². The Morgan fingerprint density at radius 1 is 1.30 bits per heavy atom. The second-order valence-electron chi connectivity index (χ2n) is 6.32. The van der Waals surface area contributed by atoms with E-state index in [1.807, 2.05) is 7.05 Å². The van der Waals surface area contributed by atoms with Crippen LogP contribution < -0.4 is 10.2 Å². The number of thiophene rings is 1. The molecule has 0 atom stereocenters. The second kappa shape index (κ2) is 5.56. The molecular weight excluding hydrogens is 268 g/mol. The Labute approximate surface area is 125 Å². The number of anilines is 2. The maximum absolute atomic E-state index is 4.66. The molecule has 0 fully saturated rings. The molecule has 0 aliphatic rings. The predicted molar refractivity (Wildman–Crippen MR) is 89.1 cm³/mol. The SMILES string of the molecule is CCc1cc2c(N(C)CC(C)(C)C)nc(NC)nc2s1. The third-order valence-electron chi connectivity index (χ3n) is 3.07. The first-order valence-corrected chi connectivity index (χ1v) is 7.85. The number of aromatic nitrogens is 2. The van der Waals surface area contributed by atoms with Gasteiger partial charge in [-0.05, 0) is 17.9 Å². The Bertz CT molecular complexity index is 598. The van der Waals surface area contributed by atoms with Crippen LogP contribution in [0.25, 0.3) is 10.2 Å². The lowest BCUT2D eigenvalue weighted by Crippen LogP contribution is -2.30. The maximum Gasteiger partial charge on any atom is 0.225 e. The first kappa shape index (κ1) is 15.0. The summed E-state index contributed by atoms with van der Waals surface area (Å²) >= 11 is 1.76. The van der Waals surface area contributed by atoms with Gasteiger partial charge in [0.2, 0.25) is 5.95 Å². The Morgan fingerprint density at radius 3 is 2.55 bits per heavy atom. The van der Waals surface area contributed by atoms with Crippen molar-refractivity contribution in [2.75, 3.05) is 30.9 Å². The molecule has 0 bridgehead atoms. The molecule has 2 aromatic rings. The number of nitrogens with zero attached hydrogens (tertiary/aromatic N) is 3. The standard InChI is InChI=1S/C15H24N4S/c1-7-10-8-11-12(19(6)9-15(2,3)4)17-14(16-5)18-13(11)20-10/h8H,7,9H2,1-6H3,(H,16,17,18). The minimum absolute atomic E-state index is 0.232. The Morgan fingerprint density at radius 2 is 2.00 bits per heavy atom. The fourth-order valence-corrected chi connectivity index (χ4v) is 3.28. The molecule has 0 spiro atoms. The van der Waals surface area contributed by atoms with Gasteiger partial charge < -0.3 is 10.2 Å². The molecule has 1 N–H and O–H groups in total. The van der Waals surface area contributed by atoms with Gasteiger partial charge in [0.05, 0.1) is 5.39 Å². The minimum atomic E-state index is 0.232. The van der Waals surface area contributed by atoms with Crippen molar-refractivity contribution in [3.63, 3.8) is 0 Å². The van der Waals surface area contributed by atoms with Crippen molar-refractivity contribution in [1.29, 1.82) is 0 Å². The summed E-state index contributed by atoms with van der Waals surface area (Å²) in [5.74, 6) is 1.71. The van der Waals surface area contributed by atoms with Crippen LogP contribution >= 0.6 is 11.3 Å². The molecule has 5 heteroatoms. The summed E-state index contributed by atoms with van der Waals surface area (Å²) in [4.78, 5) is 13.9. The van der Waals surface area contributed by atoms with Crippen molar-refractivity contribution < 1.29 is 0 Å². The largest absolute Gasteiger partial charge is 0.358 e. The summed E-state index contributed by atoms with van der Waals surface area (Å²) in [6, 6.07) is 2.23. The van der Waals surface area contributed by atoms with Crippen LogP contribution in [-0.4, -0.2) is 30.6 Å². The van der Waals surface area contributed by atoms with E-state index in [-0.39, 0.29) is 5.41 Å². The third-order valence-corrected chi connectivity index (χ3v) is 4.24. The van der Waals surface area contributed by atoms with Gasteiger partial charge in [-0.15, -0.1) is 11.3 Å². The van der Waals surface area contributed by atoms with Crippen LogP contribution in [0.2, 0.25) is 0 Å². The fourth-order valence-electron chi connectivity index (χ4n) is 2.32. The number of fused-ring (bicyclic) bond motifs is 1. The Kier molecular flexibility index (Phi) is 4.18. The average molecular weight is 292 g/mol. The van der Waals surface area contributed by atoms with Crippen molar-refractivity contribution >= 4 is 33.3 Å². The van der Waals surface area contributed by atoms with Gasteiger partial charge >= 0.3 is 0 Å². The zero-order valence-electron chi connectivity index (χ0n) is 13.2. The average Bonchev–Trinajstić information content (AvgIpc) is 2.77. The summed E-state index contributed by atoms with van der Waals surface area (Å²) in [5.41, 5.74) is 0.232. The van der Waals surface area contributed by atoms with Crippen LogP contribution in [0.1, 0.15) is 32.6 Å². The van der Waals surface area contributed by atoms with Gasteiger partial charge in [-0.3, -0.25) is 0 Å². The van der Waals surface area contributed by atoms with Crippen LogP contribution in [0.15, 0.2) is 6.07 Å². The molecule has 0 saturated heterocycles. The van der Waals surface area contributed by atoms with Crippen LogP contribution in [0.4, 0.5) is 11.8 Å². The molecule has 2 heterocycles. The summed E-state index contributed by atoms with van der Waals surface area (Å²) in [6.45, 7) is 9.86. The third kappa shape index (κ3) is 3.20. The van der Waals surface area contributed by atoms with Gasteiger partial charge in [0.25, 0.3) is 0 Å². The van der Waals surface area contributed by atoms with E-state index in [9.17, 15) is 0 Å². The molecule has 110 valence electrons.